The van der Waals surface area contributed by atoms with E-state index in [0.717, 1.165) is 6.07 Å². The average molecular weight is 254 g/mol. The molecule has 1 rings (SSSR count). The monoisotopic (exact) mass is 254 g/mol. The lowest BCUT2D eigenvalue weighted by molar-refractivity contribution is -0.275. The summed E-state index contributed by atoms with van der Waals surface area (Å²) < 4.78 is 51.7. The molecule has 0 aliphatic heterocycles. The Bertz CT molecular complexity index is 429. The van der Waals surface area contributed by atoms with Gasteiger partial charge in [-0.1, -0.05) is 6.07 Å². The number of aliphatic hydroxyl groups excluding tert-OH is 1. The van der Waals surface area contributed by atoms with Crippen LogP contribution in [0.5, 0.6) is 5.75 Å². The number of alkyl halides is 3. The molecule has 94 valence electrons. The Morgan fingerprint density at radius 2 is 1.94 bits per heavy atom. The van der Waals surface area contributed by atoms with E-state index in [4.69, 9.17) is 10.2 Å². The summed E-state index contributed by atoms with van der Waals surface area (Å²) in [5, 5.41) is 17.4. The highest BCUT2D eigenvalue weighted by Gasteiger charge is 2.32. The molecule has 0 aliphatic carbocycles. The van der Waals surface area contributed by atoms with Gasteiger partial charge in [0.2, 0.25) is 0 Å². The quantitative estimate of drug-likeness (QED) is 0.808. The van der Waals surface area contributed by atoms with Crippen molar-refractivity contribution in [3.05, 3.63) is 29.6 Å². The fourth-order valence-corrected chi connectivity index (χ4v) is 1.04. The number of aliphatic hydroxyl groups is 1. The molecule has 2 N–H and O–H groups in total. The Morgan fingerprint density at radius 1 is 1.35 bits per heavy atom. The number of hydrogen-bond donors (Lipinski definition) is 2. The van der Waals surface area contributed by atoms with E-state index in [1.807, 2.05) is 0 Å². The molecule has 0 spiro atoms. The first-order valence-corrected chi connectivity index (χ1v) is 4.17. The van der Waals surface area contributed by atoms with Crippen LogP contribution in [0.1, 0.15) is 11.7 Å². The summed E-state index contributed by atoms with van der Waals surface area (Å²) in [6.07, 6.45) is -7.06. The highest BCUT2D eigenvalue weighted by molar-refractivity contribution is 5.74. The smallest absolute Gasteiger partial charge is 0.479 e. The number of carboxylic acid groups (broad SMARTS) is 1. The van der Waals surface area contributed by atoms with Crippen LogP contribution in [0, 0.1) is 5.82 Å². The number of carbonyl (C=O) groups is 1. The molecule has 1 atom stereocenters. The summed E-state index contributed by atoms with van der Waals surface area (Å²) in [6, 6.07) is 1.87. The third-order valence-corrected chi connectivity index (χ3v) is 1.73. The highest BCUT2D eigenvalue weighted by atomic mass is 19.4. The van der Waals surface area contributed by atoms with Crippen LogP contribution in [0.3, 0.4) is 0 Å². The van der Waals surface area contributed by atoms with E-state index < -0.39 is 30.0 Å². The zero-order valence-corrected chi connectivity index (χ0v) is 8.03. The number of benzene rings is 1. The summed E-state index contributed by atoms with van der Waals surface area (Å²) in [7, 11) is 0. The van der Waals surface area contributed by atoms with Gasteiger partial charge in [-0.05, 0) is 17.7 Å². The summed E-state index contributed by atoms with van der Waals surface area (Å²) in [5.74, 6) is -4.16. The molecule has 0 bridgehead atoms. The summed E-state index contributed by atoms with van der Waals surface area (Å²) >= 11 is 0. The standard InChI is InChI=1S/C9H6F4O4/c10-5-3-4(7(14)8(15)16)1-2-6(5)17-9(11,12)13/h1-3,7,14H,(H,15,16). The van der Waals surface area contributed by atoms with Crippen molar-refractivity contribution in [2.24, 2.45) is 0 Å². The molecule has 4 nitrogen and oxygen atoms in total. The highest BCUT2D eigenvalue weighted by Crippen LogP contribution is 2.27. The van der Waals surface area contributed by atoms with Crippen LogP contribution in [-0.4, -0.2) is 22.5 Å². The SMILES string of the molecule is O=C(O)C(O)c1ccc(OC(F)(F)F)c(F)c1. The van der Waals surface area contributed by atoms with Gasteiger partial charge in [0.15, 0.2) is 17.7 Å². The number of ether oxygens (including phenoxy) is 1. The molecule has 0 fully saturated rings. The lowest BCUT2D eigenvalue weighted by Gasteiger charge is -2.11. The van der Waals surface area contributed by atoms with E-state index in [1.54, 1.807) is 0 Å². The van der Waals surface area contributed by atoms with Crippen molar-refractivity contribution in [2.75, 3.05) is 0 Å². The fraction of sp³-hybridized carbons (Fsp3) is 0.222. The van der Waals surface area contributed by atoms with E-state index in [2.05, 4.69) is 4.74 Å². The number of halogens is 4. The van der Waals surface area contributed by atoms with Gasteiger partial charge < -0.3 is 14.9 Å². The van der Waals surface area contributed by atoms with Crippen molar-refractivity contribution in [1.82, 2.24) is 0 Å². The van der Waals surface area contributed by atoms with E-state index in [9.17, 15) is 22.4 Å². The Hall–Kier alpha value is -1.83. The second-order valence-electron chi connectivity index (χ2n) is 2.98. The molecule has 17 heavy (non-hydrogen) atoms. The van der Waals surface area contributed by atoms with Crippen molar-refractivity contribution < 1.29 is 37.3 Å². The van der Waals surface area contributed by atoms with Crippen molar-refractivity contribution in [3.8, 4) is 5.75 Å². The molecule has 1 aromatic rings. The Labute approximate surface area is 92.1 Å². The van der Waals surface area contributed by atoms with Gasteiger partial charge in [0.25, 0.3) is 0 Å². The maximum Gasteiger partial charge on any atom is 0.573 e. The molecule has 0 aliphatic rings. The maximum absolute atomic E-state index is 13.1. The molecule has 0 saturated heterocycles. The normalized spacial score (nSPS) is 13.2. The average Bonchev–Trinajstić information content (AvgIpc) is 2.18. The molecule has 8 heteroatoms. The van der Waals surface area contributed by atoms with E-state index in [0.29, 0.717) is 12.1 Å². The predicted octanol–water partition coefficient (Wildman–Crippen LogP) is 1.84. The van der Waals surface area contributed by atoms with E-state index in [1.165, 1.54) is 0 Å². The first kappa shape index (κ1) is 13.2. The minimum Gasteiger partial charge on any atom is -0.479 e. The van der Waals surface area contributed by atoms with Crippen LogP contribution in [0.2, 0.25) is 0 Å². The minimum atomic E-state index is -5.05. The van der Waals surface area contributed by atoms with Gasteiger partial charge in [-0.3, -0.25) is 0 Å². The molecule has 0 saturated carbocycles. The number of hydrogen-bond acceptors (Lipinski definition) is 3. The van der Waals surface area contributed by atoms with Crippen molar-refractivity contribution in [3.63, 3.8) is 0 Å². The summed E-state index contributed by atoms with van der Waals surface area (Å²) in [6.45, 7) is 0. The molecule has 0 amide bonds. The first-order chi connectivity index (χ1) is 7.70. The lowest BCUT2D eigenvalue weighted by Crippen LogP contribution is -2.18. The van der Waals surface area contributed by atoms with Crippen LogP contribution in [0.15, 0.2) is 18.2 Å². The van der Waals surface area contributed by atoms with Gasteiger partial charge in [-0.15, -0.1) is 13.2 Å². The zero-order chi connectivity index (χ0) is 13.2. The third-order valence-electron chi connectivity index (χ3n) is 1.73. The number of carboxylic acids is 1. The summed E-state index contributed by atoms with van der Waals surface area (Å²) in [5.41, 5.74) is -0.385. The third kappa shape index (κ3) is 3.59. The predicted molar refractivity (Wildman–Crippen MR) is 45.7 cm³/mol. The largest absolute Gasteiger partial charge is 0.573 e. The Kier molecular flexibility index (Phi) is 3.56. The second-order valence-corrected chi connectivity index (χ2v) is 2.98. The van der Waals surface area contributed by atoms with Crippen molar-refractivity contribution >= 4 is 5.97 Å². The van der Waals surface area contributed by atoms with Gasteiger partial charge in [0.1, 0.15) is 0 Å². The van der Waals surface area contributed by atoms with Gasteiger partial charge in [0, 0.05) is 0 Å². The molecule has 0 radical (unpaired) electrons. The van der Waals surface area contributed by atoms with Crippen LogP contribution >= 0.6 is 0 Å². The maximum atomic E-state index is 13.1. The number of rotatable bonds is 3. The van der Waals surface area contributed by atoms with Crippen LogP contribution in [0.4, 0.5) is 17.6 Å². The van der Waals surface area contributed by atoms with Gasteiger partial charge >= 0.3 is 12.3 Å². The molecule has 1 unspecified atom stereocenters. The molecule has 0 heterocycles. The van der Waals surface area contributed by atoms with Gasteiger partial charge in [-0.25, -0.2) is 9.18 Å². The molecule has 0 aromatic heterocycles. The van der Waals surface area contributed by atoms with E-state index >= 15 is 0 Å². The Balaban J connectivity index is 2.98. The van der Waals surface area contributed by atoms with Crippen molar-refractivity contribution in [1.29, 1.82) is 0 Å². The first-order valence-electron chi connectivity index (χ1n) is 4.17. The van der Waals surface area contributed by atoms with Crippen molar-refractivity contribution in [2.45, 2.75) is 12.5 Å². The Morgan fingerprint density at radius 3 is 2.35 bits per heavy atom. The van der Waals surface area contributed by atoms with Crippen LogP contribution in [-0.2, 0) is 4.79 Å². The van der Waals surface area contributed by atoms with Crippen LogP contribution in [0.25, 0.3) is 0 Å². The van der Waals surface area contributed by atoms with Gasteiger partial charge in [-0.2, -0.15) is 0 Å². The molecular formula is C9H6F4O4. The topological polar surface area (TPSA) is 66.8 Å². The minimum absolute atomic E-state index is 0.385. The van der Waals surface area contributed by atoms with Gasteiger partial charge in [0.05, 0.1) is 0 Å². The lowest BCUT2D eigenvalue weighted by atomic mass is 10.1. The fourth-order valence-electron chi connectivity index (χ4n) is 1.04. The zero-order valence-electron chi connectivity index (χ0n) is 8.03. The van der Waals surface area contributed by atoms with E-state index in [-0.39, 0.29) is 5.56 Å². The van der Waals surface area contributed by atoms with Crippen LogP contribution < -0.4 is 4.74 Å². The second kappa shape index (κ2) is 4.58. The molecular weight excluding hydrogens is 248 g/mol. The number of aliphatic carboxylic acids is 1. The molecule has 1 aromatic carbocycles. The summed E-state index contributed by atoms with van der Waals surface area (Å²) in [4.78, 5) is 10.3.